The molecule has 3 heterocycles. The van der Waals surface area contributed by atoms with Crippen LogP contribution in [-0.4, -0.2) is 68.8 Å². The van der Waals surface area contributed by atoms with Gasteiger partial charge in [-0.1, -0.05) is 0 Å². The SMILES string of the molecule is CC(=O)N1CCCC1C(=O)Nc1ccc(-c2nnc(-c3ccc(NC(=O)C4CCCN4C(C)=O)cc3)o2)cc1. The van der Waals surface area contributed by atoms with Gasteiger partial charge in [0.1, 0.15) is 12.1 Å². The Kier molecular flexibility index (Phi) is 7.40. The van der Waals surface area contributed by atoms with Crippen LogP contribution < -0.4 is 10.6 Å². The fourth-order valence-corrected chi connectivity index (χ4v) is 5.13. The summed E-state index contributed by atoms with van der Waals surface area (Å²) in [6.45, 7) is 4.16. The number of aromatic nitrogens is 2. The number of carbonyl (C=O) groups excluding carboxylic acids is 4. The second-order valence-electron chi connectivity index (χ2n) is 9.79. The first-order valence-electron chi connectivity index (χ1n) is 13.0. The van der Waals surface area contributed by atoms with E-state index in [1.807, 2.05) is 0 Å². The van der Waals surface area contributed by atoms with Gasteiger partial charge in [0.25, 0.3) is 0 Å². The highest BCUT2D eigenvalue weighted by Gasteiger charge is 2.33. The molecule has 39 heavy (non-hydrogen) atoms. The quantitative estimate of drug-likeness (QED) is 0.499. The highest BCUT2D eigenvalue weighted by atomic mass is 16.4. The van der Waals surface area contributed by atoms with Gasteiger partial charge in [0.05, 0.1) is 0 Å². The molecule has 2 unspecified atom stereocenters. The Morgan fingerprint density at radius 3 is 1.44 bits per heavy atom. The minimum absolute atomic E-state index is 0.0975. The standard InChI is InChI=1S/C28H30N6O5/c1-17(35)33-15-3-5-23(33)25(37)29-21-11-7-19(8-12-21)27-31-32-28(39-27)20-9-13-22(14-10-20)30-26(38)24-6-4-16-34(24)18(2)36/h7-14,23-24H,3-6,15-16H2,1-2H3,(H,29,37)(H,30,38). The summed E-state index contributed by atoms with van der Waals surface area (Å²) in [4.78, 5) is 52.0. The molecule has 2 atom stereocenters. The van der Waals surface area contributed by atoms with Crippen LogP contribution in [0.25, 0.3) is 22.9 Å². The number of hydrogen-bond donors (Lipinski definition) is 2. The van der Waals surface area contributed by atoms with Gasteiger partial charge in [0, 0.05) is 49.4 Å². The van der Waals surface area contributed by atoms with Crippen LogP contribution in [0, 0.1) is 0 Å². The van der Waals surface area contributed by atoms with Crippen LogP contribution in [0.3, 0.4) is 0 Å². The first-order valence-corrected chi connectivity index (χ1v) is 13.0. The monoisotopic (exact) mass is 530 g/mol. The van der Waals surface area contributed by atoms with Crippen LogP contribution in [0.1, 0.15) is 39.5 Å². The first kappa shape index (κ1) is 26.1. The molecule has 3 aromatic rings. The number of carbonyl (C=O) groups is 4. The Labute approximate surface area is 225 Å². The number of amides is 4. The normalized spacial score (nSPS) is 18.7. The fourth-order valence-electron chi connectivity index (χ4n) is 5.13. The van der Waals surface area contributed by atoms with Gasteiger partial charge in [0.15, 0.2) is 0 Å². The molecule has 2 fully saturated rings. The molecule has 2 aliphatic rings. The Balaban J connectivity index is 1.20. The van der Waals surface area contributed by atoms with E-state index in [9.17, 15) is 19.2 Å². The molecule has 0 spiro atoms. The minimum Gasteiger partial charge on any atom is -0.416 e. The van der Waals surface area contributed by atoms with Gasteiger partial charge in [0.2, 0.25) is 35.4 Å². The van der Waals surface area contributed by atoms with Gasteiger partial charge in [-0.3, -0.25) is 19.2 Å². The number of hydrogen-bond acceptors (Lipinski definition) is 7. The van der Waals surface area contributed by atoms with Crippen molar-refractivity contribution in [3.8, 4) is 22.9 Å². The van der Waals surface area contributed by atoms with Crippen LogP contribution in [0.15, 0.2) is 52.9 Å². The minimum atomic E-state index is -0.446. The summed E-state index contributed by atoms with van der Waals surface area (Å²) >= 11 is 0. The van der Waals surface area contributed by atoms with E-state index in [1.165, 1.54) is 13.8 Å². The zero-order chi connectivity index (χ0) is 27.5. The Morgan fingerprint density at radius 2 is 1.08 bits per heavy atom. The van der Waals surface area contributed by atoms with Crippen molar-refractivity contribution in [2.45, 2.75) is 51.6 Å². The van der Waals surface area contributed by atoms with E-state index in [-0.39, 0.29) is 23.6 Å². The second-order valence-corrected chi connectivity index (χ2v) is 9.79. The smallest absolute Gasteiger partial charge is 0.248 e. The lowest BCUT2D eigenvalue weighted by Crippen LogP contribution is -2.42. The maximum absolute atomic E-state index is 12.7. The van der Waals surface area contributed by atoms with Crippen LogP contribution in [-0.2, 0) is 19.2 Å². The molecule has 0 saturated carbocycles. The van der Waals surface area contributed by atoms with E-state index in [2.05, 4.69) is 20.8 Å². The van der Waals surface area contributed by atoms with E-state index < -0.39 is 12.1 Å². The van der Waals surface area contributed by atoms with E-state index in [4.69, 9.17) is 4.42 Å². The van der Waals surface area contributed by atoms with Gasteiger partial charge in [-0.25, -0.2) is 0 Å². The molecule has 2 N–H and O–H groups in total. The molecule has 1 aromatic heterocycles. The largest absolute Gasteiger partial charge is 0.416 e. The third-order valence-corrected chi connectivity index (χ3v) is 7.14. The average Bonchev–Trinajstić information content (AvgIpc) is 3.70. The number of rotatable bonds is 6. The molecule has 202 valence electrons. The van der Waals surface area contributed by atoms with Crippen molar-refractivity contribution in [3.63, 3.8) is 0 Å². The Hall–Kier alpha value is -4.54. The molecule has 2 saturated heterocycles. The number of anilines is 2. The molecule has 0 radical (unpaired) electrons. The van der Waals surface area contributed by atoms with Gasteiger partial charge in [-0.2, -0.15) is 0 Å². The van der Waals surface area contributed by atoms with E-state index in [0.717, 1.165) is 12.8 Å². The van der Waals surface area contributed by atoms with Gasteiger partial charge in [-0.15, -0.1) is 10.2 Å². The van der Waals surface area contributed by atoms with Gasteiger partial charge in [-0.05, 0) is 74.2 Å². The van der Waals surface area contributed by atoms with Gasteiger partial charge < -0.3 is 24.9 Å². The van der Waals surface area contributed by atoms with Crippen LogP contribution in [0.2, 0.25) is 0 Å². The molecule has 0 aliphatic carbocycles. The van der Waals surface area contributed by atoms with Crippen molar-refractivity contribution in [3.05, 3.63) is 48.5 Å². The highest BCUT2D eigenvalue weighted by Crippen LogP contribution is 2.27. The molecular weight excluding hydrogens is 500 g/mol. The molecule has 5 rings (SSSR count). The number of nitrogens with one attached hydrogen (secondary N) is 2. The van der Waals surface area contributed by atoms with Crippen molar-refractivity contribution in [1.29, 1.82) is 0 Å². The summed E-state index contributed by atoms with van der Waals surface area (Å²) in [5.74, 6) is 0.0530. The van der Waals surface area contributed by atoms with Crippen LogP contribution >= 0.6 is 0 Å². The fraction of sp³-hybridized carbons (Fsp3) is 0.357. The summed E-state index contributed by atoms with van der Waals surface area (Å²) < 4.78 is 5.86. The zero-order valence-corrected chi connectivity index (χ0v) is 21.8. The van der Waals surface area contributed by atoms with Crippen molar-refractivity contribution in [1.82, 2.24) is 20.0 Å². The predicted molar refractivity (Wildman–Crippen MR) is 143 cm³/mol. The second kappa shape index (κ2) is 11.1. The van der Waals surface area contributed by atoms with Crippen molar-refractivity contribution < 1.29 is 23.6 Å². The number of likely N-dealkylation sites (tertiary alicyclic amines) is 2. The van der Waals surface area contributed by atoms with Crippen molar-refractivity contribution in [2.24, 2.45) is 0 Å². The topological polar surface area (TPSA) is 138 Å². The molecule has 2 aromatic carbocycles. The molecule has 11 heteroatoms. The maximum Gasteiger partial charge on any atom is 0.248 e. The van der Waals surface area contributed by atoms with E-state index in [1.54, 1.807) is 58.3 Å². The summed E-state index contributed by atoms with van der Waals surface area (Å²) in [5, 5.41) is 14.0. The van der Waals surface area contributed by atoms with E-state index >= 15 is 0 Å². The molecular formula is C28H30N6O5. The third kappa shape index (κ3) is 5.66. The average molecular weight is 531 g/mol. The number of benzene rings is 2. The Bertz CT molecular complexity index is 1280. The molecule has 4 amide bonds. The molecule has 0 bridgehead atoms. The first-order chi connectivity index (χ1) is 18.8. The Morgan fingerprint density at radius 1 is 0.692 bits per heavy atom. The van der Waals surface area contributed by atoms with Crippen LogP contribution in [0.5, 0.6) is 0 Å². The maximum atomic E-state index is 12.7. The summed E-state index contributed by atoms with van der Waals surface area (Å²) in [5.41, 5.74) is 2.60. The zero-order valence-electron chi connectivity index (χ0n) is 21.8. The lowest BCUT2D eigenvalue weighted by atomic mass is 10.1. The summed E-state index contributed by atoms with van der Waals surface area (Å²) in [6.07, 6.45) is 2.93. The molecule has 2 aliphatic heterocycles. The van der Waals surface area contributed by atoms with Crippen molar-refractivity contribution >= 4 is 35.0 Å². The van der Waals surface area contributed by atoms with Crippen LogP contribution in [0.4, 0.5) is 11.4 Å². The summed E-state index contributed by atoms with van der Waals surface area (Å²) in [7, 11) is 0. The molecule has 11 nitrogen and oxygen atoms in total. The third-order valence-electron chi connectivity index (χ3n) is 7.14. The van der Waals surface area contributed by atoms with E-state index in [0.29, 0.717) is 60.2 Å². The predicted octanol–water partition coefficient (Wildman–Crippen LogP) is 3.30. The van der Waals surface area contributed by atoms with Gasteiger partial charge >= 0.3 is 0 Å². The van der Waals surface area contributed by atoms with Crippen molar-refractivity contribution in [2.75, 3.05) is 23.7 Å². The lowest BCUT2D eigenvalue weighted by molar-refractivity contribution is -0.134. The highest BCUT2D eigenvalue weighted by molar-refractivity contribution is 5.98. The number of nitrogens with zero attached hydrogens (tertiary/aromatic N) is 4. The summed E-state index contributed by atoms with van der Waals surface area (Å²) in [6, 6.07) is 13.2. The lowest BCUT2D eigenvalue weighted by Gasteiger charge is -2.22.